The van der Waals surface area contributed by atoms with Crippen molar-refractivity contribution >= 4 is 23.2 Å². The van der Waals surface area contributed by atoms with Gasteiger partial charge >= 0.3 is 37.9 Å². The van der Waals surface area contributed by atoms with Crippen LogP contribution in [0.15, 0.2) is 47.5 Å². The molecule has 0 bridgehead atoms. The van der Waals surface area contributed by atoms with Crippen molar-refractivity contribution in [2.24, 2.45) is 4.99 Å². The molecule has 0 saturated heterocycles. The monoisotopic (exact) mass is 385 g/mol. The summed E-state index contributed by atoms with van der Waals surface area (Å²) < 4.78 is 0. The summed E-state index contributed by atoms with van der Waals surface area (Å²) in [5.74, 6) is 0.303. The van der Waals surface area contributed by atoms with Crippen LogP contribution in [0, 0.1) is 6.92 Å². The van der Waals surface area contributed by atoms with Crippen LogP contribution in [0.3, 0.4) is 0 Å². The molecule has 20 heavy (non-hydrogen) atoms. The summed E-state index contributed by atoms with van der Waals surface area (Å²) in [7, 11) is 11.6. The third-order valence-electron chi connectivity index (χ3n) is 2.76. The van der Waals surface area contributed by atoms with Crippen LogP contribution < -0.4 is 0 Å². The second-order valence-corrected chi connectivity index (χ2v) is 7.75. The number of halogens is 2. The molecule has 0 fully saturated rings. The summed E-state index contributed by atoms with van der Waals surface area (Å²) in [5, 5.41) is 10.1. The molecule has 0 aliphatic rings. The molecule has 2 nitrogen and oxygen atoms in total. The van der Waals surface area contributed by atoms with Gasteiger partial charge in [-0.3, -0.25) is 4.99 Å². The maximum absolute atomic E-state index is 10.1. The maximum atomic E-state index is 10.1. The molecule has 0 spiro atoms. The number of rotatable bonds is 2. The first-order chi connectivity index (χ1) is 9.65. The molecule has 2 aromatic carbocycles. The summed E-state index contributed by atoms with van der Waals surface area (Å²) in [6.07, 6.45) is 1.70. The third-order valence-corrected chi connectivity index (χ3v) is 2.76. The van der Waals surface area contributed by atoms with E-state index >= 15 is 0 Å². The summed E-state index contributed by atoms with van der Waals surface area (Å²) >= 11 is -0.826. The molecule has 0 saturated carbocycles. The fourth-order valence-electron chi connectivity index (χ4n) is 1.85. The van der Waals surface area contributed by atoms with E-state index in [0.29, 0.717) is 5.75 Å². The number of nitrogens with zero attached hydrogens (tertiary/aromatic N) is 1. The molecule has 0 radical (unpaired) electrons. The van der Waals surface area contributed by atoms with Crippen molar-refractivity contribution in [2.45, 2.75) is 6.92 Å². The van der Waals surface area contributed by atoms with Gasteiger partial charge in [0.15, 0.2) is 0 Å². The van der Waals surface area contributed by atoms with Gasteiger partial charge in [-0.2, -0.15) is 0 Å². The SMILES string of the molecule is CN=Cc1c(-c2ccccc2)ccc(C)c1O.[Cl][Zr][Cl]. The second kappa shape index (κ2) is 9.34. The number of hydrogen-bond acceptors (Lipinski definition) is 2. The summed E-state index contributed by atoms with van der Waals surface area (Å²) in [5.41, 5.74) is 3.72. The zero-order valence-corrected chi connectivity index (χ0v) is 15.2. The molecule has 2 rings (SSSR count). The van der Waals surface area contributed by atoms with E-state index in [-0.39, 0.29) is 0 Å². The van der Waals surface area contributed by atoms with E-state index in [9.17, 15) is 5.11 Å². The van der Waals surface area contributed by atoms with Crippen molar-refractivity contribution in [3.8, 4) is 16.9 Å². The number of benzene rings is 2. The van der Waals surface area contributed by atoms with E-state index in [1.807, 2.05) is 49.4 Å². The Balaban J connectivity index is 0.000000612. The number of aromatic hydroxyl groups is 1. The topological polar surface area (TPSA) is 32.6 Å². The van der Waals surface area contributed by atoms with Crippen LogP contribution in [0.1, 0.15) is 11.1 Å². The van der Waals surface area contributed by atoms with Gasteiger partial charge in [0, 0.05) is 18.8 Å². The molecule has 5 heteroatoms. The summed E-state index contributed by atoms with van der Waals surface area (Å²) in [6.45, 7) is 1.89. The van der Waals surface area contributed by atoms with Crippen molar-refractivity contribution < 1.29 is 26.0 Å². The molecule has 0 aliphatic carbocycles. The molecule has 0 atom stereocenters. The average molecular weight is 387 g/mol. The molecule has 104 valence electrons. The van der Waals surface area contributed by atoms with E-state index in [0.717, 1.165) is 22.3 Å². The summed E-state index contributed by atoms with van der Waals surface area (Å²) in [4.78, 5) is 4.01. The van der Waals surface area contributed by atoms with Crippen LogP contribution in [0.5, 0.6) is 5.75 Å². The molecule has 0 amide bonds. The summed E-state index contributed by atoms with van der Waals surface area (Å²) in [6, 6.07) is 13.9. The van der Waals surface area contributed by atoms with E-state index < -0.39 is 20.8 Å². The average Bonchev–Trinajstić information content (AvgIpc) is 2.46. The molecule has 0 unspecified atom stereocenters. The van der Waals surface area contributed by atoms with Crippen LogP contribution in [-0.2, 0) is 20.8 Å². The van der Waals surface area contributed by atoms with Crippen LogP contribution in [0.4, 0.5) is 0 Å². The van der Waals surface area contributed by atoms with E-state index in [4.69, 9.17) is 17.0 Å². The van der Waals surface area contributed by atoms with Crippen molar-refractivity contribution in [1.29, 1.82) is 0 Å². The van der Waals surface area contributed by atoms with Crippen molar-refractivity contribution in [3.63, 3.8) is 0 Å². The normalized spacial score (nSPS) is 10.0. The predicted molar refractivity (Wildman–Crippen MR) is 83.5 cm³/mol. The van der Waals surface area contributed by atoms with Crippen LogP contribution in [0.25, 0.3) is 11.1 Å². The molecule has 1 N–H and O–H groups in total. The molecular weight excluding hydrogens is 372 g/mol. The molecular formula is C15H15Cl2NOZr. The van der Waals surface area contributed by atoms with Gasteiger partial charge in [0.1, 0.15) is 5.75 Å². The fourth-order valence-corrected chi connectivity index (χ4v) is 1.85. The minimum absolute atomic E-state index is 0.303. The number of phenols is 1. The Bertz CT molecular complexity index is 574. The van der Waals surface area contributed by atoms with Gasteiger partial charge in [-0.05, 0) is 23.6 Å². The third kappa shape index (κ3) is 4.73. The zero-order valence-electron chi connectivity index (χ0n) is 11.3. The molecule has 2 aromatic rings. The Hall–Kier alpha value is -0.627. The molecule has 0 heterocycles. The second-order valence-electron chi connectivity index (χ2n) is 4.02. The zero-order chi connectivity index (χ0) is 15.0. The van der Waals surface area contributed by atoms with Gasteiger partial charge in [0.25, 0.3) is 0 Å². The van der Waals surface area contributed by atoms with Gasteiger partial charge in [-0.25, -0.2) is 0 Å². The van der Waals surface area contributed by atoms with E-state index in [1.165, 1.54) is 0 Å². The number of phenolic OH excluding ortho intramolecular Hbond substituents is 1. The van der Waals surface area contributed by atoms with Crippen molar-refractivity contribution in [1.82, 2.24) is 0 Å². The van der Waals surface area contributed by atoms with Crippen LogP contribution >= 0.6 is 17.0 Å². The van der Waals surface area contributed by atoms with Gasteiger partial charge < -0.3 is 5.11 Å². The molecule has 0 aromatic heterocycles. The standard InChI is InChI=1S/C15H15NO.2ClH.Zr/c1-11-8-9-13(12-6-4-3-5-7-12)14(10-16-2)15(11)17;;;/h3-10,17H,1-2H3;2*1H;/q;;;+2/p-2. The van der Waals surface area contributed by atoms with Gasteiger partial charge in [-0.15, -0.1) is 0 Å². The van der Waals surface area contributed by atoms with Crippen LogP contribution in [0.2, 0.25) is 0 Å². The minimum atomic E-state index is -0.826. The van der Waals surface area contributed by atoms with Gasteiger partial charge in [0.05, 0.1) is 0 Å². The van der Waals surface area contributed by atoms with Crippen molar-refractivity contribution in [3.05, 3.63) is 53.6 Å². The molecule has 0 aliphatic heterocycles. The van der Waals surface area contributed by atoms with Gasteiger partial charge in [-0.1, -0.05) is 42.5 Å². The first kappa shape index (κ1) is 17.4. The van der Waals surface area contributed by atoms with Gasteiger partial charge in [0.2, 0.25) is 0 Å². The first-order valence-corrected chi connectivity index (χ1v) is 12.2. The predicted octanol–water partition coefficient (Wildman–Crippen LogP) is 4.79. The Morgan fingerprint density at radius 1 is 1.10 bits per heavy atom. The number of hydrogen-bond donors (Lipinski definition) is 1. The number of aliphatic imine (C=N–C) groups is 1. The Morgan fingerprint density at radius 2 is 1.70 bits per heavy atom. The fraction of sp³-hybridized carbons (Fsp3) is 0.133. The van der Waals surface area contributed by atoms with Crippen LogP contribution in [-0.4, -0.2) is 18.4 Å². The first-order valence-electron chi connectivity index (χ1n) is 5.92. The Morgan fingerprint density at radius 3 is 2.25 bits per heavy atom. The van der Waals surface area contributed by atoms with E-state index in [2.05, 4.69) is 4.99 Å². The van der Waals surface area contributed by atoms with E-state index in [1.54, 1.807) is 13.3 Å². The Labute approximate surface area is 138 Å². The number of aryl methyl sites for hydroxylation is 1. The Kier molecular flexibility index (Phi) is 8.13. The van der Waals surface area contributed by atoms with Crippen molar-refractivity contribution in [2.75, 3.05) is 7.05 Å². The quantitative estimate of drug-likeness (QED) is 0.738.